The molecule has 1 N–H and O–H groups in total. The van der Waals surface area contributed by atoms with Crippen molar-refractivity contribution in [3.8, 4) is 0 Å². The van der Waals surface area contributed by atoms with E-state index in [0.29, 0.717) is 53.9 Å². The molecule has 0 aliphatic carbocycles. The second kappa shape index (κ2) is 7.92. The van der Waals surface area contributed by atoms with Crippen molar-refractivity contribution >= 4 is 56.8 Å². The molecule has 0 bridgehead atoms. The Morgan fingerprint density at radius 3 is 2.52 bits per heavy atom. The van der Waals surface area contributed by atoms with E-state index in [9.17, 15) is 4.21 Å². The highest BCUT2D eigenvalue weighted by Gasteiger charge is 2.22. The Bertz CT molecular complexity index is 994. The lowest BCUT2D eigenvalue weighted by Gasteiger charge is -2.27. The van der Waals surface area contributed by atoms with Gasteiger partial charge < -0.3 is 10.2 Å². The van der Waals surface area contributed by atoms with Crippen LogP contribution in [0.15, 0.2) is 30.3 Å². The summed E-state index contributed by atoms with van der Waals surface area (Å²) in [5.41, 5.74) is 1.96. The monoisotopic (exact) mass is 422 g/mol. The van der Waals surface area contributed by atoms with E-state index in [1.165, 1.54) is 0 Å². The molecule has 1 aromatic carbocycles. The topological polar surface area (TPSA) is 83.9 Å². The predicted molar refractivity (Wildman–Crippen MR) is 109 cm³/mol. The summed E-state index contributed by atoms with van der Waals surface area (Å²) in [5.74, 6) is 2.18. The molecule has 1 aliphatic heterocycles. The van der Waals surface area contributed by atoms with Crippen LogP contribution in [0.4, 0.5) is 11.6 Å². The Morgan fingerprint density at radius 2 is 1.78 bits per heavy atom. The van der Waals surface area contributed by atoms with Crippen molar-refractivity contribution in [2.45, 2.75) is 6.54 Å². The quantitative estimate of drug-likeness (QED) is 0.646. The molecule has 140 valence electrons. The fourth-order valence-electron chi connectivity index (χ4n) is 2.85. The summed E-state index contributed by atoms with van der Waals surface area (Å²) in [6, 6.07) is 9.91. The summed E-state index contributed by atoms with van der Waals surface area (Å²) in [6.07, 6.45) is 0. The first-order chi connectivity index (χ1) is 13.1. The average molecular weight is 423 g/mol. The molecule has 27 heavy (non-hydrogen) atoms. The van der Waals surface area contributed by atoms with E-state index < -0.39 is 10.8 Å². The largest absolute Gasteiger partial charge is 0.363 e. The zero-order valence-corrected chi connectivity index (χ0v) is 16.6. The van der Waals surface area contributed by atoms with Crippen molar-refractivity contribution in [3.05, 3.63) is 46.3 Å². The zero-order valence-electron chi connectivity index (χ0n) is 14.2. The van der Waals surface area contributed by atoms with Crippen LogP contribution in [0.2, 0.25) is 10.4 Å². The van der Waals surface area contributed by atoms with E-state index >= 15 is 0 Å². The SMILES string of the molecule is O=S1CCN(c2nc(Cl)nc3nc(NCc4ccccc4)c(Cl)nc23)CC1. The maximum Gasteiger partial charge on any atom is 0.226 e. The summed E-state index contributed by atoms with van der Waals surface area (Å²) in [4.78, 5) is 19.5. The number of hydrogen-bond acceptors (Lipinski definition) is 7. The average Bonchev–Trinajstić information content (AvgIpc) is 2.68. The lowest BCUT2D eigenvalue weighted by Crippen LogP contribution is -2.38. The molecule has 10 heteroatoms. The van der Waals surface area contributed by atoms with E-state index in [2.05, 4.69) is 25.3 Å². The third-order valence-corrected chi connectivity index (χ3v) is 5.93. The highest BCUT2D eigenvalue weighted by atomic mass is 35.5. The van der Waals surface area contributed by atoms with Crippen LogP contribution in [0.5, 0.6) is 0 Å². The maximum atomic E-state index is 11.6. The molecule has 0 saturated carbocycles. The van der Waals surface area contributed by atoms with Gasteiger partial charge in [-0.3, -0.25) is 4.21 Å². The van der Waals surface area contributed by atoms with Crippen LogP contribution in [0.1, 0.15) is 5.56 Å². The van der Waals surface area contributed by atoms with Crippen LogP contribution in [-0.4, -0.2) is 48.7 Å². The number of aromatic nitrogens is 4. The summed E-state index contributed by atoms with van der Waals surface area (Å²) in [6.45, 7) is 1.79. The van der Waals surface area contributed by atoms with Gasteiger partial charge in [0.2, 0.25) is 5.28 Å². The van der Waals surface area contributed by atoms with Gasteiger partial charge in [0, 0.05) is 41.9 Å². The third kappa shape index (κ3) is 4.12. The van der Waals surface area contributed by atoms with Gasteiger partial charge in [-0.2, -0.15) is 9.97 Å². The highest BCUT2D eigenvalue weighted by Crippen LogP contribution is 2.28. The fraction of sp³-hybridized carbons (Fsp3) is 0.294. The van der Waals surface area contributed by atoms with Gasteiger partial charge in [0.1, 0.15) is 0 Å². The van der Waals surface area contributed by atoms with Crippen molar-refractivity contribution in [1.29, 1.82) is 0 Å². The van der Waals surface area contributed by atoms with Crippen molar-refractivity contribution in [3.63, 3.8) is 0 Å². The first-order valence-electron chi connectivity index (χ1n) is 8.38. The molecule has 0 spiro atoms. The summed E-state index contributed by atoms with van der Waals surface area (Å²) < 4.78 is 11.6. The van der Waals surface area contributed by atoms with Crippen LogP contribution in [-0.2, 0) is 17.3 Å². The van der Waals surface area contributed by atoms with E-state index in [-0.39, 0.29) is 10.4 Å². The molecule has 0 unspecified atom stereocenters. The Hall–Kier alpha value is -2.03. The number of nitrogens with zero attached hydrogens (tertiary/aromatic N) is 5. The number of halogens is 2. The van der Waals surface area contributed by atoms with Gasteiger partial charge in [-0.05, 0) is 17.2 Å². The number of fused-ring (bicyclic) bond motifs is 1. The zero-order chi connectivity index (χ0) is 18.8. The Kier molecular flexibility index (Phi) is 5.38. The van der Waals surface area contributed by atoms with Gasteiger partial charge in [0.15, 0.2) is 28.0 Å². The number of nitrogens with one attached hydrogen (secondary N) is 1. The van der Waals surface area contributed by atoms with Crippen LogP contribution in [0, 0.1) is 0 Å². The summed E-state index contributed by atoms with van der Waals surface area (Å²) in [7, 11) is -0.793. The van der Waals surface area contributed by atoms with Crippen LogP contribution < -0.4 is 10.2 Å². The molecular weight excluding hydrogens is 407 g/mol. The van der Waals surface area contributed by atoms with Crippen LogP contribution in [0.3, 0.4) is 0 Å². The Balaban J connectivity index is 1.66. The smallest absolute Gasteiger partial charge is 0.226 e. The first-order valence-corrected chi connectivity index (χ1v) is 10.6. The molecule has 1 aliphatic rings. The Morgan fingerprint density at radius 1 is 1.04 bits per heavy atom. The standard InChI is InChI=1S/C17H16Cl2N6OS/c18-13-15(20-10-11-4-2-1-3-5-11)22-14-12(21-13)16(24-17(19)23-14)25-6-8-27(26)9-7-25/h1-5H,6-10H2,(H,20,22,23,24). The molecule has 1 saturated heterocycles. The second-order valence-corrected chi connectivity index (χ2v) is 8.42. The Labute approximate surface area is 168 Å². The molecule has 3 aromatic rings. The van der Waals surface area contributed by atoms with Gasteiger partial charge in [-0.25, -0.2) is 9.97 Å². The molecule has 2 aromatic heterocycles. The number of anilines is 2. The number of benzene rings is 1. The highest BCUT2D eigenvalue weighted by molar-refractivity contribution is 7.85. The van der Waals surface area contributed by atoms with E-state index in [4.69, 9.17) is 23.2 Å². The second-order valence-electron chi connectivity index (χ2n) is 6.03. The van der Waals surface area contributed by atoms with Crippen LogP contribution >= 0.6 is 23.2 Å². The van der Waals surface area contributed by atoms with E-state index in [1.807, 2.05) is 35.2 Å². The molecule has 3 heterocycles. The molecular formula is C17H16Cl2N6OS. The van der Waals surface area contributed by atoms with Crippen molar-refractivity contribution < 1.29 is 4.21 Å². The minimum Gasteiger partial charge on any atom is -0.363 e. The number of hydrogen-bond donors (Lipinski definition) is 1. The number of rotatable bonds is 4. The summed E-state index contributed by atoms with van der Waals surface area (Å²) >= 11 is 12.5. The molecule has 7 nitrogen and oxygen atoms in total. The van der Waals surface area contributed by atoms with Crippen LogP contribution in [0.25, 0.3) is 11.2 Å². The predicted octanol–water partition coefficient (Wildman–Crippen LogP) is 2.91. The van der Waals surface area contributed by atoms with Gasteiger partial charge in [-0.15, -0.1) is 0 Å². The van der Waals surface area contributed by atoms with Gasteiger partial charge in [0.25, 0.3) is 0 Å². The van der Waals surface area contributed by atoms with Crippen molar-refractivity contribution in [2.75, 3.05) is 34.8 Å². The summed E-state index contributed by atoms with van der Waals surface area (Å²) in [5, 5.41) is 3.52. The molecule has 0 atom stereocenters. The van der Waals surface area contributed by atoms with E-state index in [1.54, 1.807) is 0 Å². The van der Waals surface area contributed by atoms with Crippen molar-refractivity contribution in [1.82, 2.24) is 19.9 Å². The first kappa shape index (κ1) is 18.3. The molecule has 4 rings (SSSR count). The van der Waals surface area contributed by atoms with Crippen molar-refractivity contribution in [2.24, 2.45) is 0 Å². The minimum atomic E-state index is -0.793. The lowest BCUT2D eigenvalue weighted by molar-refractivity contribution is 0.672. The fourth-order valence-corrected chi connectivity index (χ4v) is 4.26. The van der Waals surface area contributed by atoms with Gasteiger partial charge in [0.05, 0.1) is 0 Å². The third-order valence-electron chi connectivity index (χ3n) is 4.22. The molecule has 0 radical (unpaired) electrons. The normalized spacial score (nSPS) is 15.3. The minimum absolute atomic E-state index is 0.0924. The molecule has 1 fully saturated rings. The maximum absolute atomic E-state index is 11.6. The molecule has 0 amide bonds. The van der Waals surface area contributed by atoms with E-state index in [0.717, 1.165) is 5.56 Å². The lowest BCUT2D eigenvalue weighted by atomic mass is 10.2. The van der Waals surface area contributed by atoms with Gasteiger partial charge in [-0.1, -0.05) is 41.9 Å². The van der Waals surface area contributed by atoms with Gasteiger partial charge >= 0.3 is 0 Å².